The molecule has 6 nitrogen and oxygen atoms in total. The molecule has 2 aromatic carbocycles. The van der Waals surface area contributed by atoms with E-state index in [0.717, 1.165) is 43.4 Å². The highest BCUT2D eigenvalue weighted by molar-refractivity contribution is 5.98. The highest BCUT2D eigenvalue weighted by Gasteiger charge is 2.47. The zero-order valence-corrected chi connectivity index (χ0v) is 23.6. The number of benzene rings is 2. The number of carboxylic acid groups (broad SMARTS) is 1. The minimum absolute atomic E-state index is 0.00970. The van der Waals surface area contributed by atoms with E-state index in [0.29, 0.717) is 5.56 Å². The van der Waals surface area contributed by atoms with Gasteiger partial charge in [-0.1, -0.05) is 45.0 Å². The maximum Gasteiger partial charge on any atom is 0.308 e. The van der Waals surface area contributed by atoms with Crippen molar-refractivity contribution in [3.05, 3.63) is 71.2 Å². The van der Waals surface area contributed by atoms with Crippen molar-refractivity contribution in [1.82, 2.24) is 9.97 Å². The number of pyridine rings is 1. The molecule has 3 aliphatic carbocycles. The maximum absolute atomic E-state index is 16.6. The van der Waals surface area contributed by atoms with E-state index in [1.54, 1.807) is 12.1 Å². The molecule has 3 fully saturated rings. The first-order valence-electron chi connectivity index (χ1n) is 14.2. The molecule has 2 heterocycles. The molecule has 0 saturated heterocycles. The van der Waals surface area contributed by atoms with Crippen LogP contribution >= 0.6 is 0 Å². The highest BCUT2D eigenvalue weighted by atomic mass is 19.1. The maximum atomic E-state index is 16.6. The van der Waals surface area contributed by atoms with E-state index in [9.17, 15) is 23.9 Å². The zero-order chi connectivity index (χ0) is 29.9. The topological polar surface area (TPSA) is 102 Å². The van der Waals surface area contributed by atoms with Crippen molar-refractivity contribution in [3.63, 3.8) is 0 Å². The number of nitrogens with one attached hydrogen (secondary N) is 2. The quantitative estimate of drug-likeness (QED) is 0.227. The van der Waals surface area contributed by atoms with Crippen LogP contribution in [0.25, 0.3) is 33.3 Å². The Bertz CT molecular complexity index is 1740. The third-order valence-electron chi connectivity index (χ3n) is 9.06. The van der Waals surface area contributed by atoms with Gasteiger partial charge < -0.3 is 15.4 Å². The fourth-order valence-corrected chi connectivity index (χ4v) is 6.89. The molecule has 4 aromatic rings. The van der Waals surface area contributed by atoms with E-state index >= 15 is 4.39 Å². The summed E-state index contributed by atoms with van der Waals surface area (Å²) in [6.07, 6.45) is 4.71. The molecule has 9 heteroatoms. The van der Waals surface area contributed by atoms with Crippen molar-refractivity contribution in [2.45, 2.75) is 57.9 Å². The summed E-state index contributed by atoms with van der Waals surface area (Å²) in [4.78, 5) is 19.7. The standard InChI is InChI=1S/C33H31F3N4O2/c1-33(2,3)19-10-8-16(9-11-19)25-22(14-37)29(23-15-38-30-21(23)12-20(34)13-24(30)35)40-31(27(25)36)39-28-18-6-4-17(5-7-18)26(28)32(41)42/h8-13,15,17-18,26,28,38H,4-7H2,1-3H3,(H,39,40)(H,41,42). The lowest BCUT2D eigenvalue weighted by molar-refractivity contribution is -0.148. The van der Waals surface area contributed by atoms with Gasteiger partial charge in [0.05, 0.1) is 22.7 Å². The Kier molecular flexibility index (Phi) is 6.76. The number of halogens is 3. The summed E-state index contributed by atoms with van der Waals surface area (Å²) in [5.41, 5.74) is 1.49. The summed E-state index contributed by atoms with van der Waals surface area (Å²) in [5.74, 6) is -4.20. The van der Waals surface area contributed by atoms with Crippen LogP contribution in [0.4, 0.5) is 19.0 Å². The van der Waals surface area contributed by atoms with Gasteiger partial charge in [0, 0.05) is 34.8 Å². The van der Waals surface area contributed by atoms with Crippen LogP contribution in [0.2, 0.25) is 0 Å². The Morgan fingerprint density at radius 2 is 1.74 bits per heavy atom. The van der Waals surface area contributed by atoms with Crippen LogP contribution < -0.4 is 5.32 Å². The SMILES string of the molecule is CC(C)(C)c1ccc(-c2c(F)c(NC3C4CCC(CC4)C3C(=O)O)nc(-c3c[nH]c4c(F)cc(F)cc34)c2C#N)cc1. The lowest BCUT2D eigenvalue weighted by Crippen LogP contribution is -2.51. The van der Waals surface area contributed by atoms with E-state index in [4.69, 9.17) is 0 Å². The van der Waals surface area contributed by atoms with Crippen molar-refractivity contribution in [2.75, 3.05) is 5.32 Å². The number of aliphatic carboxylic acids is 1. The van der Waals surface area contributed by atoms with E-state index in [1.807, 2.05) is 12.1 Å². The molecule has 2 bridgehead atoms. The number of aromatic amines is 1. The van der Waals surface area contributed by atoms with Crippen LogP contribution in [0, 0.1) is 46.5 Å². The number of nitrogens with zero attached hydrogens (tertiary/aromatic N) is 2. The number of hydrogen-bond donors (Lipinski definition) is 3. The van der Waals surface area contributed by atoms with Crippen molar-refractivity contribution >= 4 is 22.7 Å². The molecular formula is C33H31F3N4O2. The van der Waals surface area contributed by atoms with E-state index < -0.39 is 35.4 Å². The first-order valence-corrected chi connectivity index (χ1v) is 14.2. The van der Waals surface area contributed by atoms with Gasteiger partial charge in [-0.15, -0.1) is 0 Å². The second-order valence-electron chi connectivity index (χ2n) is 12.5. The minimum atomic E-state index is -0.934. The molecule has 3 N–H and O–H groups in total. The van der Waals surface area contributed by atoms with E-state index in [1.165, 1.54) is 6.20 Å². The van der Waals surface area contributed by atoms with Gasteiger partial charge in [-0.2, -0.15) is 5.26 Å². The average Bonchev–Trinajstić information content (AvgIpc) is 3.37. The summed E-state index contributed by atoms with van der Waals surface area (Å²) in [7, 11) is 0. The number of aromatic nitrogens is 2. The summed E-state index contributed by atoms with van der Waals surface area (Å²) in [6, 6.07) is 10.7. The Morgan fingerprint density at radius 3 is 2.36 bits per heavy atom. The van der Waals surface area contributed by atoms with E-state index in [-0.39, 0.29) is 56.4 Å². The summed E-state index contributed by atoms with van der Waals surface area (Å²) < 4.78 is 45.5. The summed E-state index contributed by atoms with van der Waals surface area (Å²) in [6.45, 7) is 6.17. The molecular weight excluding hydrogens is 541 g/mol. The van der Waals surface area contributed by atoms with Crippen molar-refractivity contribution in [3.8, 4) is 28.5 Å². The third kappa shape index (κ3) is 4.59. The van der Waals surface area contributed by atoms with Gasteiger partial charge in [0.25, 0.3) is 0 Å². The second-order valence-corrected chi connectivity index (χ2v) is 12.5. The molecule has 0 spiro atoms. The highest BCUT2D eigenvalue weighted by Crippen LogP contribution is 2.47. The fourth-order valence-electron chi connectivity index (χ4n) is 6.89. The Hall–Kier alpha value is -4.32. The number of nitriles is 1. The fraction of sp³-hybridized carbons (Fsp3) is 0.364. The van der Waals surface area contributed by atoms with Gasteiger partial charge in [-0.05, 0) is 60.1 Å². The Balaban J connectivity index is 1.58. The lowest BCUT2D eigenvalue weighted by Gasteiger charge is -2.47. The molecule has 7 rings (SSSR count). The first-order chi connectivity index (χ1) is 20.0. The predicted octanol–water partition coefficient (Wildman–Crippen LogP) is 7.78. The monoisotopic (exact) mass is 572 g/mol. The average molecular weight is 573 g/mol. The molecule has 216 valence electrons. The van der Waals surface area contributed by atoms with Gasteiger partial charge >= 0.3 is 5.97 Å². The molecule has 3 saturated carbocycles. The third-order valence-corrected chi connectivity index (χ3v) is 9.06. The van der Waals surface area contributed by atoms with Gasteiger partial charge in [-0.25, -0.2) is 18.2 Å². The normalized spacial score (nSPS) is 21.8. The van der Waals surface area contributed by atoms with Crippen molar-refractivity contribution < 1.29 is 23.1 Å². The van der Waals surface area contributed by atoms with Gasteiger partial charge in [-0.3, -0.25) is 4.79 Å². The second kappa shape index (κ2) is 10.2. The lowest BCUT2D eigenvalue weighted by atomic mass is 9.61. The van der Waals surface area contributed by atoms with Gasteiger partial charge in [0.1, 0.15) is 17.7 Å². The zero-order valence-electron chi connectivity index (χ0n) is 23.6. The van der Waals surface area contributed by atoms with Crippen molar-refractivity contribution in [1.29, 1.82) is 5.26 Å². The molecule has 0 radical (unpaired) electrons. The van der Waals surface area contributed by atoms with Crippen LogP contribution in [-0.4, -0.2) is 27.1 Å². The minimum Gasteiger partial charge on any atom is -0.481 e. The van der Waals surface area contributed by atoms with Crippen molar-refractivity contribution in [2.24, 2.45) is 17.8 Å². The number of carbonyl (C=O) groups is 1. The van der Waals surface area contributed by atoms with Gasteiger partial charge in [0.15, 0.2) is 11.6 Å². The van der Waals surface area contributed by atoms with Crippen LogP contribution in [0.5, 0.6) is 0 Å². The molecule has 2 atom stereocenters. The molecule has 42 heavy (non-hydrogen) atoms. The predicted molar refractivity (Wildman–Crippen MR) is 154 cm³/mol. The molecule has 2 unspecified atom stereocenters. The first kappa shape index (κ1) is 27.8. The number of fused-ring (bicyclic) bond motifs is 4. The largest absolute Gasteiger partial charge is 0.481 e. The van der Waals surface area contributed by atoms with E-state index in [2.05, 4.69) is 42.1 Å². The summed E-state index contributed by atoms with van der Waals surface area (Å²) in [5, 5.41) is 23.7. The Labute approximate surface area is 241 Å². The number of anilines is 1. The number of carboxylic acids is 1. The van der Waals surface area contributed by atoms with Crippen LogP contribution in [-0.2, 0) is 10.2 Å². The number of hydrogen-bond acceptors (Lipinski definition) is 4. The van der Waals surface area contributed by atoms with Crippen LogP contribution in [0.3, 0.4) is 0 Å². The molecule has 3 aliphatic rings. The van der Waals surface area contributed by atoms with Gasteiger partial charge in [0.2, 0.25) is 0 Å². The summed E-state index contributed by atoms with van der Waals surface area (Å²) >= 11 is 0. The molecule has 2 aromatic heterocycles. The molecule has 0 aliphatic heterocycles. The molecule has 0 amide bonds. The number of H-pyrrole nitrogens is 1. The smallest absolute Gasteiger partial charge is 0.308 e. The number of rotatable bonds is 5. The Morgan fingerprint density at radius 1 is 1.07 bits per heavy atom. The van der Waals surface area contributed by atoms with Crippen LogP contribution in [0.15, 0.2) is 42.6 Å². The van der Waals surface area contributed by atoms with Crippen LogP contribution in [0.1, 0.15) is 57.6 Å².